The van der Waals surface area contributed by atoms with Crippen LogP contribution in [0, 0.1) is 0 Å². The minimum atomic E-state index is -0.541. The van der Waals surface area contributed by atoms with E-state index in [2.05, 4.69) is 9.97 Å². The summed E-state index contributed by atoms with van der Waals surface area (Å²) < 4.78 is 17.2. The number of carbonyl (C=O) groups is 1. The first-order valence-corrected chi connectivity index (χ1v) is 7.53. The van der Waals surface area contributed by atoms with Crippen LogP contribution in [-0.4, -0.2) is 40.9 Å². The van der Waals surface area contributed by atoms with Crippen LogP contribution in [0.25, 0.3) is 0 Å². The SMILES string of the molecule is CCOC(=O)CC(B1OC(C)(C)C(C)(C)O1)c1cncnc1. The van der Waals surface area contributed by atoms with Gasteiger partial charge in [0, 0.05) is 18.2 Å². The van der Waals surface area contributed by atoms with Crippen LogP contribution in [0.3, 0.4) is 0 Å². The summed E-state index contributed by atoms with van der Waals surface area (Å²) >= 11 is 0. The molecular formula is C15H23BN2O4. The minimum Gasteiger partial charge on any atom is -0.466 e. The molecule has 22 heavy (non-hydrogen) atoms. The average molecular weight is 306 g/mol. The van der Waals surface area contributed by atoms with Crippen molar-refractivity contribution in [1.82, 2.24) is 9.97 Å². The predicted octanol–water partition coefficient (Wildman–Crippen LogP) is 2.14. The molecule has 0 aliphatic carbocycles. The Hall–Kier alpha value is -1.47. The Balaban J connectivity index is 2.24. The van der Waals surface area contributed by atoms with E-state index in [0.29, 0.717) is 6.61 Å². The van der Waals surface area contributed by atoms with Crippen LogP contribution in [0.1, 0.15) is 52.4 Å². The van der Waals surface area contributed by atoms with Crippen molar-refractivity contribution in [1.29, 1.82) is 0 Å². The van der Waals surface area contributed by atoms with E-state index < -0.39 is 18.3 Å². The molecule has 0 N–H and O–H groups in total. The molecule has 0 bridgehead atoms. The zero-order valence-electron chi connectivity index (χ0n) is 13.8. The zero-order valence-corrected chi connectivity index (χ0v) is 13.8. The summed E-state index contributed by atoms with van der Waals surface area (Å²) in [7, 11) is -0.541. The van der Waals surface area contributed by atoms with Gasteiger partial charge in [0.15, 0.2) is 0 Å². The third kappa shape index (κ3) is 3.47. The van der Waals surface area contributed by atoms with Crippen molar-refractivity contribution in [2.24, 2.45) is 0 Å². The van der Waals surface area contributed by atoms with Gasteiger partial charge in [0.25, 0.3) is 0 Å². The molecular weight excluding hydrogens is 283 g/mol. The molecule has 0 radical (unpaired) electrons. The van der Waals surface area contributed by atoms with Gasteiger partial charge in [-0.3, -0.25) is 4.79 Å². The highest BCUT2D eigenvalue weighted by Gasteiger charge is 2.54. The largest absolute Gasteiger partial charge is 0.466 e. The van der Waals surface area contributed by atoms with Crippen molar-refractivity contribution in [2.45, 2.75) is 58.1 Å². The van der Waals surface area contributed by atoms with Crippen molar-refractivity contribution >= 4 is 13.1 Å². The normalized spacial score (nSPS) is 20.7. The van der Waals surface area contributed by atoms with E-state index in [9.17, 15) is 4.79 Å². The molecule has 6 nitrogen and oxygen atoms in total. The van der Waals surface area contributed by atoms with Crippen molar-refractivity contribution in [3.8, 4) is 0 Å². The lowest BCUT2D eigenvalue weighted by atomic mass is 9.67. The summed E-state index contributed by atoms with van der Waals surface area (Å²) in [5.41, 5.74) is -0.116. The number of ether oxygens (including phenoxy) is 1. The molecule has 1 aromatic heterocycles. The molecule has 1 aliphatic heterocycles. The van der Waals surface area contributed by atoms with Gasteiger partial charge in [0.1, 0.15) is 6.33 Å². The fraction of sp³-hybridized carbons (Fsp3) is 0.667. The molecule has 1 saturated heterocycles. The van der Waals surface area contributed by atoms with Gasteiger partial charge in [-0.25, -0.2) is 9.97 Å². The first-order valence-electron chi connectivity index (χ1n) is 7.53. The Morgan fingerprint density at radius 3 is 2.27 bits per heavy atom. The fourth-order valence-corrected chi connectivity index (χ4v) is 2.33. The maximum atomic E-state index is 11.9. The Kier molecular flexibility index (Phi) is 4.87. The van der Waals surface area contributed by atoms with Gasteiger partial charge in [-0.15, -0.1) is 0 Å². The number of esters is 1. The van der Waals surface area contributed by atoms with Gasteiger partial charge in [-0.1, -0.05) is 0 Å². The lowest BCUT2D eigenvalue weighted by Gasteiger charge is -2.32. The highest BCUT2D eigenvalue weighted by Crippen LogP contribution is 2.41. The Morgan fingerprint density at radius 2 is 1.77 bits per heavy atom. The van der Waals surface area contributed by atoms with Gasteiger partial charge >= 0.3 is 13.1 Å². The third-order valence-corrected chi connectivity index (χ3v) is 4.30. The summed E-state index contributed by atoms with van der Waals surface area (Å²) in [4.78, 5) is 20.0. The van der Waals surface area contributed by atoms with Gasteiger partial charge in [0.05, 0.1) is 24.2 Å². The third-order valence-electron chi connectivity index (χ3n) is 4.30. The van der Waals surface area contributed by atoms with Gasteiger partial charge in [-0.2, -0.15) is 0 Å². The van der Waals surface area contributed by atoms with Crippen LogP contribution in [0.2, 0.25) is 0 Å². The number of carbonyl (C=O) groups excluding carboxylic acids is 1. The van der Waals surface area contributed by atoms with Crippen LogP contribution < -0.4 is 0 Å². The van der Waals surface area contributed by atoms with Crippen molar-refractivity contribution in [2.75, 3.05) is 6.61 Å². The lowest BCUT2D eigenvalue weighted by molar-refractivity contribution is -0.143. The van der Waals surface area contributed by atoms with Crippen LogP contribution in [0.4, 0.5) is 0 Å². The molecule has 1 aromatic rings. The number of aromatic nitrogens is 2. The summed E-state index contributed by atoms with van der Waals surface area (Å²) in [5.74, 6) is -0.590. The van der Waals surface area contributed by atoms with Crippen molar-refractivity contribution < 1.29 is 18.8 Å². The Labute approximate surface area is 131 Å². The lowest BCUT2D eigenvalue weighted by Crippen LogP contribution is -2.41. The molecule has 0 saturated carbocycles. The second-order valence-corrected chi connectivity index (χ2v) is 6.41. The fourth-order valence-electron chi connectivity index (χ4n) is 2.33. The number of hydrogen-bond acceptors (Lipinski definition) is 6. The van der Waals surface area contributed by atoms with Gasteiger partial charge in [-0.05, 0) is 40.2 Å². The highest BCUT2D eigenvalue weighted by atomic mass is 16.7. The summed E-state index contributed by atoms with van der Waals surface area (Å²) in [6.45, 7) is 10.1. The summed E-state index contributed by atoms with van der Waals surface area (Å²) in [6.07, 6.45) is 4.98. The molecule has 0 amide bonds. The minimum absolute atomic E-state index is 0.165. The van der Waals surface area contributed by atoms with Gasteiger partial charge < -0.3 is 14.0 Å². The van der Waals surface area contributed by atoms with E-state index in [1.54, 1.807) is 19.3 Å². The second kappa shape index (κ2) is 6.34. The molecule has 2 heterocycles. The number of nitrogens with zero attached hydrogens (tertiary/aromatic N) is 2. The van der Waals surface area contributed by atoms with Crippen molar-refractivity contribution in [3.63, 3.8) is 0 Å². The van der Waals surface area contributed by atoms with Crippen molar-refractivity contribution in [3.05, 3.63) is 24.3 Å². The number of hydrogen-bond donors (Lipinski definition) is 0. The molecule has 1 aliphatic rings. The standard InChI is InChI=1S/C15H23BN2O4/c1-6-20-13(19)7-12(11-8-17-10-18-9-11)16-21-14(2,3)15(4,5)22-16/h8-10,12H,6-7H2,1-5H3. The molecule has 1 atom stereocenters. The second-order valence-electron chi connectivity index (χ2n) is 6.41. The quantitative estimate of drug-likeness (QED) is 0.613. The maximum Gasteiger partial charge on any atom is 0.466 e. The van der Waals surface area contributed by atoms with E-state index in [1.165, 1.54) is 6.33 Å². The molecule has 120 valence electrons. The summed E-state index contributed by atoms with van der Waals surface area (Å²) in [5, 5.41) is 0. The zero-order chi connectivity index (χ0) is 16.4. The summed E-state index contributed by atoms with van der Waals surface area (Å²) in [6, 6.07) is 0. The van der Waals surface area contributed by atoms with Gasteiger partial charge in [0.2, 0.25) is 0 Å². The monoisotopic (exact) mass is 306 g/mol. The average Bonchev–Trinajstić information content (AvgIpc) is 2.66. The maximum absolute atomic E-state index is 11.9. The highest BCUT2D eigenvalue weighted by molar-refractivity contribution is 6.48. The first kappa shape index (κ1) is 16.9. The van der Waals surface area contributed by atoms with E-state index >= 15 is 0 Å². The molecule has 0 aromatic carbocycles. The van der Waals surface area contributed by atoms with Crippen LogP contribution in [0.5, 0.6) is 0 Å². The van der Waals surface area contributed by atoms with Crippen LogP contribution >= 0.6 is 0 Å². The Bertz CT molecular complexity index is 506. The van der Waals surface area contributed by atoms with E-state index in [0.717, 1.165) is 5.56 Å². The van der Waals surface area contributed by atoms with Crippen LogP contribution in [0.15, 0.2) is 18.7 Å². The smallest absolute Gasteiger partial charge is 0.466 e. The van der Waals surface area contributed by atoms with E-state index in [1.807, 2.05) is 27.7 Å². The predicted molar refractivity (Wildman–Crippen MR) is 82.1 cm³/mol. The number of rotatable bonds is 5. The molecule has 0 spiro atoms. The van der Waals surface area contributed by atoms with E-state index in [4.69, 9.17) is 14.0 Å². The first-order chi connectivity index (χ1) is 10.3. The Morgan fingerprint density at radius 1 is 1.23 bits per heavy atom. The molecule has 1 unspecified atom stereocenters. The topological polar surface area (TPSA) is 70.5 Å². The molecule has 7 heteroatoms. The molecule has 1 fully saturated rings. The molecule has 2 rings (SSSR count). The van der Waals surface area contributed by atoms with E-state index in [-0.39, 0.29) is 18.2 Å². The van der Waals surface area contributed by atoms with Crippen LogP contribution in [-0.2, 0) is 18.8 Å².